The Morgan fingerprint density at radius 2 is 2.00 bits per heavy atom. The SMILES string of the molecule is Cc1cnc2c(c1)nc(CCl)n2C(C)CCC(C)C. The Hall–Kier alpha value is -1.09. The van der Waals surface area contributed by atoms with Gasteiger partial charge in [-0.15, -0.1) is 11.6 Å². The third kappa shape index (κ3) is 3.08. The molecule has 2 aromatic heterocycles. The lowest BCUT2D eigenvalue weighted by molar-refractivity contribution is 0.438. The third-order valence-corrected chi connectivity index (χ3v) is 3.70. The Kier molecular flexibility index (Phi) is 4.46. The predicted molar refractivity (Wildman–Crippen MR) is 80.6 cm³/mol. The molecule has 0 aromatic carbocycles. The second-order valence-corrected chi connectivity index (χ2v) is 5.97. The Bertz CT molecular complexity index is 560. The average molecular weight is 280 g/mol. The minimum absolute atomic E-state index is 0.386. The van der Waals surface area contributed by atoms with Crippen molar-refractivity contribution < 1.29 is 0 Å². The van der Waals surface area contributed by atoms with E-state index in [1.165, 1.54) is 6.42 Å². The van der Waals surface area contributed by atoms with Gasteiger partial charge in [-0.3, -0.25) is 0 Å². The molecule has 4 heteroatoms. The van der Waals surface area contributed by atoms with E-state index in [4.69, 9.17) is 11.6 Å². The largest absolute Gasteiger partial charge is 0.309 e. The van der Waals surface area contributed by atoms with E-state index in [0.717, 1.165) is 29.0 Å². The van der Waals surface area contributed by atoms with Crippen LogP contribution in [0.1, 0.15) is 51.0 Å². The number of fused-ring (bicyclic) bond motifs is 1. The van der Waals surface area contributed by atoms with Gasteiger partial charge in [0.2, 0.25) is 0 Å². The number of rotatable bonds is 5. The van der Waals surface area contributed by atoms with E-state index < -0.39 is 0 Å². The second kappa shape index (κ2) is 5.91. The Morgan fingerprint density at radius 3 is 2.63 bits per heavy atom. The molecule has 2 rings (SSSR count). The van der Waals surface area contributed by atoms with Crippen molar-refractivity contribution in [1.82, 2.24) is 14.5 Å². The summed E-state index contributed by atoms with van der Waals surface area (Å²) < 4.78 is 2.20. The molecule has 2 aromatic rings. The monoisotopic (exact) mass is 279 g/mol. The van der Waals surface area contributed by atoms with Crippen LogP contribution in [-0.4, -0.2) is 14.5 Å². The average Bonchev–Trinajstić information content (AvgIpc) is 2.73. The number of aryl methyl sites for hydroxylation is 1. The first-order valence-corrected chi connectivity index (χ1v) is 7.45. The molecule has 0 aliphatic heterocycles. The lowest BCUT2D eigenvalue weighted by Gasteiger charge is -2.17. The standard InChI is InChI=1S/C15H22ClN3/c1-10(2)5-6-12(4)19-14(8-16)18-13-7-11(3)9-17-15(13)19/h7,9-10,12H,5-6,8H2,1-4H3. The molecule has 1 unspecified atom stereocenters. The summed E-state index contributed by atoms with van der Waals surface area (Å²) >= 11 is 6.04. The molecule has 0 saturated heterocycles. The van der Waals surface area contributed by atoms with Gasteiger partial charge >= 0.3 is 0 Å². The highest BCUT2D eigenvalue weighted by molar-refractivity contribution is 6.16. The van der Waals surface area contributed by atoms with Gasteiger partial charge in [-0.25, -0.2) is 9.97 Å². The Morgan fingerprint density at radius 1 is 1.26 bits per heavy atom. The molecule has 104 valence electrons. The van der Waals surface area contributed by atoms with Gasteiger partial charge in [0.15, 0.2) is 5.65 Å². The van der Waals surface area contributed by atoms with Gasteiger partial charge in [0.1, 0.15) is 11.3 Å². The van der Waals surface area contributed by atoms with E-state index in [-0.39, 0.29) is 0 Å². The summed E-state index contributed by atoms with van der Waals surface area (Å²) in [5, 5.41) is 0. The van der Waals surface area contributed by atoms with Crippen molar-refractivity contribution in [2.45, 2.75) is 52.5 Å². The number of nitrogens with zero attached hydrogens (tertiary/aromatic N) is 3. The van der Waals surface area contributed by atoms with Gasteiger partial charge in [-0.1, -0.05) is 13.8 Å². The normalized spacial score (nSPS) is 13.4. The molecule has 19 heavy (non-hydrogen) atoms. The van der Waals surface area contributed by atoms with Crippen LogP contribution in [0.2, 0.25) is 0 Å². The summed E-state index contributed by atoms with van der Waals surface area (Å²) in [6.45, 7) is 8.76. The number of pyridine rings is 1. The molecule has 0 radical (unpaired) electrons. The summed E-state index contributed by atoms with van der Waals surface area (Å²) in [6, 6.07) is 2.46. The first-order chi connectivity index (χ1) is 9.02. The van der Waals surface area contributed by atoms with Gasteiger partial charge in [0, 0.05) is 12.2 Å². The van der Waals surface area contributed by atoms with Crippen LogP contribution in [0.4, 0.5) is 0 Å². The van der Waals surface area contributed by atoms with Crippen molar-refractivity contribution in [3.63, 3.8) is 0 Å². The molecule has 1 atom stereocenters. The lowest BCUT2D eigenvalue weighted by Crippen LogP contribution is -2.10. The van der Waals surface area contributed by atoms with Gasteiger partial charge in [0.05, 0.1) is 5.88 Å². The van der Waals surface area contributed by atoms with E-state index in [1.807, 2.05) is 13.1 Å². The van der Waals surface area contributed by atoms with E-state index in [1.54, 1.807) is 0 Å². The van der Waals surface area contributed by atoms with Crippen LogP contribution in [0.5, 0.6) is 0 Å². The molecule has 0 aliphatic carbocycles. The molecule has 0 N–H and O–H groups in total. The third-order valence-electron chi connectivity index (χ3n) is 3.46. The zero-order valence-electron chi connectivity index (χ0n) is 12.2. The maximum absolute atomic E-state index is 6.04. The van der Waals surface area contributed by atoms with E-state index in [9.17, 15) is 0 Å². The minimum atomic E-state index is 0.386. The highest BCUT2D eigenvalue weighted by Gasteiger charge is 2.16. The molecule has 0 spiro atoms. The summed E-state index contributed by atoms with van der Waals surface area (Å²) in [7, 11) is 0. The predicted octanol–water partition coefficient (Wildman–Crippen LogP) is 4.48. The lowest BCUT2D eigenvalue weighted by atomic mass is 10.0. The van der Waals surface area contributed by atoms with E-state index in [2.05, 4.69) is 41.4 Å². The van der Waals surface area contributed by atoms with E-state index >= 15 is 0 Å². The van der Waals surface area contributed by atoms with Gasteiger partial charge in [-0.05, 0) is 44.2 Å². The van der Waals surface area contributed by atoms with Gasteiger partial charge in [0.25, 0.3) is 0 Å². The van der Waals surface area contributed by atoms with E-state index in [0.29, 0.717) is 17.8 Å². The second-order valence-electron chi connectivity index (χ2n) is 5.71. The number of hydrogen-bond acceptors (Lipinski definition) is 2. The van der Waals surface area contributed by atoms with Crippen molar-refractivity contribution >= 4 is 22.8 Å². The highest BCUT2D eigenvalue weighted by atomic mass is 35.5. The smallest absolute Gasteiger partial charge is 0.160 e. The molecular weight excluding hydrogens is 258 g/mol. The van der Waals surface area contributed by atoms with Crippen LogP contribution < -0.4 is 0 Å². The molecule has 0 aliphatic rings. The highest BCUT2D eigenvalue weighted by Crippen LogP contribution is 2.25. The number of imidazole rings is 1. The summed E-state index contributed by atoms with van der Waals surface area (Å²) in [4.78, 5) is 9.15. The van der Waals surface area contributed by atoms with Crippen molar-refractivity contribution in [2.24, 2.45) is 5.92 Å². The van der Waals surface area contributed by atoms with Crippen molar-refractivity contribution in [1.29, 1.82) is 0 Å². The van der Waals surface area contributed by atoms with Crippen LogP contribution in [0, 0.1) is 12.8 Å². The van der Waals surface area contributed by atoms with Crippen LogP contribution in [0.25, 0.3) is 11.2 Å². The maximum atomic E-state index is 6.04. The van der Waals surface area contributed by atoms with Crippen LogP contribution in [0.3, 0.4) is 0 Å². The molecule has 0 saturated carbocycles. The zero-order chi connectivity index (χ0) is 14.0. The number of halogens is 1. The molecule has 0 bridgehead atoms. The summed E-state index contributed by atoms with van der Waals surface area (Å²) in [6.07, 6.45) is 4.23. The topological polar surface area (TPSA) is 30.7 Å². The molecule has 2 heterocycles. The fraction of sp³-hybridized carbons (Fsp3) is 0.600. The molecule has 0 fully saturated rings. The van der Waals surface area contributed by atoms with Crippen LogP contribution in [-0.2, 0) is 5.88 Å². The first kappa shape index (κ1) is 14.3. The number of aromatic nitrogens is 3. The van der Waals surface area contributed by atoms with Crippen molar-refractivity contribution in [2.75, 3.05) is 0 Å². The molecule has 3 nitrogen and oxygen atoms in total. The maximum Gasteiger partial charge on any atom is 0.160 e. The van der Waals surface area contributed by atoms with Crippen molar-refractivity contribution in [3.05, 3.63) is 23.7 Å². The fourth-order valence-electron chi connectivity index (χ4n) is 2.39. The summed E-state index contributed by atoms with van der Waals surface area (Å²) in [5.41, 5.74) is 3.04. The van der Waals surface area contributed by atoms with Gasteiger partial charge in [-0.2, -0.15) is 0 Å². The molecule has 0 amide bonds. The Labute approximate surface area is 120 Å². The molecular formula is C15H22ClN3. The van der Waals surface area contributed by atoms with Crippen LogP contribution in [0.15, 0.2) is 12.3 Å². The quantitative estimate of drug-likeness (QED) is 0.756. The van der Waals surface area contributed by atoms with Crippen molar-refractivity contribution in [3.8, 4) is 0 Å². The Balaban J connectivity index is 2.39. The minimum Gasteiger partial charge on any atom is -0.309 e. The zero-order valence-corrected chi connectivity index (χ0v) is 12.9. The van der Waals surface area contributed by atoms with Gasteiger partial charge < -0.3 is 4.57 Å². The number of alkyl halides is 1. The fourth-order valence-corrected chi connectivity index (χ4v) is 2.58. The van der Waals surface area contributed by atoms with Crippen LogP contribution >= 0.6 is 11.6 Å². The summed E-state index contributed by atoms with van der Waals surface area (Å²) in [5.74, 6) is 2.07. The first-order valence-electron chi connectivity index (χ1n) is 6.92. The number of hydrogen-bond donors (Lipinski definition) is 0.